The molecule has 0 spiro atoms. The third-order valence-electron chi connectivity index (χ3n) is 2.96. The molecule has 2 rings (SSSR count). The number of hydrogen-bond donors (Lipinski definition) is 1. The van der Waals surface area contributed by atoms with Crippen LogP contribution in [-0.4, -0.2) is 7.05 Å². The lowest BCUT2D eigenvalue weighted by atomic mass is 9.98. The van der Waals surface area contributed by atoms with Crippen LogP contribution in [0.1, 0.15) is 17.2 Å². The second-order valence-electron chi connectivity index (χ2n) is 4.13. The summed E-state index contributed by atoms with van der Waals surface area (Å²) in [6.45, 7) is 0. The Balaban J connectivity index is 2.59. The SMILES string of the molecule is CNC(c1cccc(Br)c1F)c1ccc(Br)c(Cl)c1F. The first-order valence-electron chi connectivity index (χ1n) is 5.72. The summed E-state index contributed by atoms with van der Waals surface area (Å²) in [5.41, 5.74) is 0.636. The van der Waals surface area contributed by atoms with Crippen molar-refractivity contribution in [1.82, 2.24) is 5.32 Å². The first-order chi connectivity index (χ1) is 9.47. The summed E-state index contributed by atoms with van der Waals surface area (Å²) in [6.07, 6.45) is 0. The van der Waals surface area contributed by atoms with E-state index in [1.807, 2.05) is 0 Å². The molecular weight excluding hydrogens is 415 g/mol. The van der Waals surface area contributed by atoms with Crippen LogP contribution in [0.2, 0.25) is 5.02 Å². The van der Waals surface area contributed by atoms with Crippen molar-refractivity contribution in [3.8, 4) is 0 Å². The third-order valence-corrected chi connectivity index (χ3v) is 4.83. The maximum atomic E-state index is 14.3. The zero-order valence-corrected chi connectivity index (χ0v) is 14.3. The second kappa shape index (κ2) is 6.52. The highest BCUT2D eigenvalue weighted by Crippen LogP contribution is 2.34. The minimum atomic E-state index is -0.627. The van der Waals surface area contributed by atoms with Gasteiger partial charge in [0.25, 0.3) is 0 Å². The van der Waals surface area contributed by atoms with Crippen LogP contribution in [-0.2, 0) is 0 Å². The molecule has 1 nitrogen and oxygen atoms in total. The predicted molar refractivity (Wildman–Crippen MR) is 84.1 cm³/mol. The number of benzene rings is 2. The molecule has 2 aromatic carbocycles. The third kappa shape index (κ3) is 2.91. The highest BCUT2D eigenvalue weighted by Gasteiger charge is 2.22. The number of hydrogen-bond acceptors (Lipinski definition) is 1. The molecule has 0 fully saturated rings. The van der Waals surface area contributed by atoms with Gasteiger partial charge in [-0.1, -0.05) is 29.8 Å². The number of rotatable bonds is 3. The van der Waals surface area contributed by atoms with E-state index in [0.717, 1.165) is 0 Å². The minimum Gasteiger partial charge on any atom is -0.309 e. The van der Waals surface area contributed by atoms with Gasteiger partial charge >= 0.3 is 0 Å². The minimum absolute atomic E-state index is 0.0156. The topological polar surface area (TPSA) is 12.0 Å². The van der Waals surface area contributed by atoms with Gasteiger partial charge in [0, 0.05) is 15.6 Å². The average Bonchev–Trinajstić information content (AvgIpc) is 2.44. The van der Waals surface area contributed by atoms with Gasteiger partial charge in [-0.05, 0) is 51.0 Å². The highest BCUT2D eigenvalue weighted by atomic mass is 79.9. The molecule has 1 N–H and O–H groups in total. The summed E-state index contributed by atoms with van der Waals surface area (Å²) in [7, 11) is 1.64. The van der Waals surface area contributed by atoms with Crippen LogP contribution in [0.4, 0.5) is 8.78 Å². The van der Waals surface area contributed by atoms with Crippen molar-refractivity contribution < 1.29 is 8.78 Å². The Morgan fingerprint density at radius 3 is 2.30 bits per heavy atom. The Morgan fingerprint density at radius 2 is 1.65 bits per heavy atom. The maximum absolute atomic E-state index is 14.3. The lowest BCUT2D eigenvalue weighted by molar-refractivity contribution is 0.544. The standard InChI is InChI=1S/C14H10Br2ClF2N/c1-20-14(7-3-2-4-10(16)12(7)18)8-5-6-9(15)11(17)13(8)19/h2-6,14,20H,1H3. The van der Waals surface area contributed by atoms with Crippen LogP contribution < -0.4 is 5.32 Å². The Morgan fingerprint density at radius 1 is 1.00 bits per heavy atom. The van der Waals surface area contributed by atoms with Crippen molar-refractivity contribution >= 4 is 43.5 Å². The van der Waals surface area contributed by atoms with E-state index in [0.29, 0.717) is 14.5 Å². The average molecular weight is 425 g/mol. The van der Waals surface area contributed by atoms with Gasteiger partial charge in [-0.2, -0.15) is 0 Å². The van der Waals surface area contributed by atoms with E-state index >= 15 is 0 Å². The molecule has 0 aliphatic carbocycles. The van der Waals surface area contributed by atoms with E-state index in [4.69, 9.17) is 11.6 Å². The molecule has 0 saturated heterocycles. The van der Waals surface area contributed by atoms with Crippen LogP contribution in [0.15, 0.2) is 39.3 Å². The van der Waals surface area contributed by atoms with Gasteiger partial charge in [-0.25, -0.2) is 8.78 Å². The molecule has 2 aromatic rings. The van der Waals surface area contributed by atoms with Crippen molar-refractivity contribution in [2.45, 2.75) is 6.04 Å². The molecule has 0 aliphatic rings. The van der Waals surface area contributed by atoms with Gasteiger partial charge < -0.3 is 5.32 Å². The summed E-state index contributed by atoms with van der Waals surface area (Å²) in [5.74, 6) is -0.995. The van der Waals surface area contributed by atoms with Crippen molar-refractivity contribution in [1.29, 1.82) is 0 Å². The summed E-state index contributed by atoms with van der Waals surface area (Å²) in [5, 5.41) is 2.90. The molecule has 106 valence electrons. The fourth-order valence-corrected chi connectivity index (χ4v) is 2.85. The molecule has 6 heteroatoms. The van der Waals surface area contributed by atoms with Crippen molar-refractivity contribution in [3.05, 3.63) is 67.1 Å². The molecule has 0 bridgehead atoms. The van der Waals surface area contributed by atoms with Gasteiger partial charge in [0.15, 0.2) is 0 Å². The van der Waals surface area contributed by atoms with Crippen LogP contribution >= 0.6 is 43.5 Å². The van der Waals surface area contributed by atoms with Gasteiger partial charge in [-0.15, -0.1) is 0 Å². The van der Waals surface area contributed by atoms with Crippen LogP contribution in [0, 0.1) is 11.6 Å². The monoisotopic (exact) mass is 423 g/mol. The summed E-state index contributed by atoms with van der Waals surface area (Å²) >= 11 is 12.2. The Labute approximate surface area is 137 Å². The largest absolute Gasteiger partial charge is 0.309 e. The Bertz CT molecular complexity index is 649. The first kappa shape index (κ1) is 15.9. The van der Waals surface area contributed by atoms with Gasteiger partial charge in [0.05, 0.1) is 15.5 Å². The number of halogens is 5. The van der Waals surface area contributed by atoms with E-state index in [1.54, 1.807) is 37.4 Å². The van der Waals surface area contributed by atoms with E-state index in [1.165, 1.54) is 0 Å². The molecular formula is C14H10Br2ClF2N. The molecule has 0 heterocycles. The normalized spacial score (nSPS) is 12.5. The zero-order valence-electron chi connectivity index (χ0n) is 10.4. The molecule has 0 aromatic heterocycles. The molecule has 1 unspecified atom stereocenters. The van der Waals surface area contributed by atoms with Crippen LogP contribution in [0.3, 0.4) is 0 Å². The molecule has 0 saturated carbocycles. The first-order valence-corrected chi connectivity index (χ1v) is 7.68. The van der Waals surface area contributed by atoms with E-state index in [9.17, 15) is 8.78 Å². The van der Waals surface area contributed by atoms with E-state index < -0.39 is 17.7 Å². The van der Waals surface area contributed by atoms with Crippen molar-refractivity contribution in [2.24, 2.45) is 0 Å². The molecule has 0 aliphatic heterocycles. The zero-order chi connectivity index (χ0) is 14.9. The summed E-state index contributed by atoms with van der Waals surface area (Å²) in [4.78, 5) is 0. The fraction of sp³-hybridized carbons (Fsp3) is 0.143. The number of nitrogens with one attached hydrogen (secondary N) is 1. The molecule has 0 radical (unpaired) electrons. The van der Waals surface area contributed by atoms with Gasteiger partial charge in [0.1, 0.15) is 11.6 Å². The van der Waals surface area contributed by atoms with Crippen molar-refractivity contribution in [3.63, 3.8) is 0 Å². The Kier molecular flexibility index (Phi) is 5.18. The fourth-order valence-electron chi connectivity index (χ4n) is 1.99. The molecule has 20 heavy (non-hydrogen) atoms. The van der Waals surface area contributed by atoms with Crippen molar-refractivity contribution in [2.75, 3.05) is 7.05 Å². The van der Waals surface area contributed by atoms with E-state index in [2.05, 4.69) is 37.2 Å². The summed E-state index contributed by atoms with van der Waals surface area (Å²) < 4.78 is 29.3. The second-order valence-corrected chi connectivity index (χ2v) is 6.22. The van der Waals surface area contributed by atoms with E-state index in [-0.39, 0.29) is 10.6 Å². The van der Waals surface area contributed by atoms with Crippen LogP contribution in [0.25, 0.3) is 0 Å². The maximum Gasteiger partial charge on any atom is 0.148 e. The predicted octanol–water partition coefficient (Wildman–Crippen LogP) is 5.45. The molecule has 0 amide bonds. The van der Waals surface area contributed by atoms with Gasteiger partial charge in [-0.3, -0.25) is 0 Å². The quantitative estimate of drug-likeness (QED) is 0.645. The lowest BCUT2D eigenvalue weighted by Crippen LogP contribution is -2.20. The lowest BCUT2D eigenvalue weighted by Gasteiger charge is -2.20. The Hall–Kier alpha value is -0.490. The highest BCUT2D eigenvalue weighted by molar-refractivity contribution is 9.10. The summed E-state index contributed by atoms with van der Waals surface area (Å²) in [6, 6.07) is 7.49. The van der Waals surface area contributed by atoms with Gasteiger partial charge in [0.2, 0.25) is 0 Å². The smallest absolute Gasteiger partial charge is 0.148 e. The van der Waals surface area contributed by atoms with Crippen LogP contribution in [0.5, 0.6) is 0 Å². The molecule has 1 atom stereocenters.